The summed E-state index contributed by atoms with van der Waals surface area (Å²) >= 11 is 5.86. The Morgan fingerprint density at radius 3 is 2.88 bits per heavy atom. The number of hydrogen-bond acceptors (Lipinski definition) is 5. The van der Waals surface area contributed by atoms with E-state index in [1.165, 1.54) is 32.2 Å². The summed E-state index contributed by atoms with van der Waals surface area (Å²) in [6.07, 6.45) is 1.85. The number of amides is 1. The maximum atomic E-state index is 12.5. The molecule has 2 rings (SSSR count). The summed E-state index contributed by atoms with van der Waals surface area (Å²) in [6.45, 7) is 2.53. The van der Waals surface area contributed by atoms with E-state index in [-0.39, 0.29) is 21.8 Å². The second-order valence-corrected chi connectivity index (χ2v) is 7.64. The zero-order valence-corrected chi connectivity index (χ0v) is 15.1. The van der Waals surface area contributed by atoms with Gasteiger partial charge in [-0.05, 0) is 38.0 Å². The van der Waals surface area contributed by atoms with Crippen molar-refractivity contribution < 1.29 is 22.7 Å². The molecule has 1 heterocycles. The standard InChI is InChI=1S/C15H21ClN2O5S/c1-10(15(19)17-9-12-4-3-7-23-12)18-24(20,21)14-8-11(16)5-6-13(14)22-2/h5-6,8,10,12,18H,3-4,7,9H2,1-2H3,(H,17,19)/t10-,12-/m0/s1. The molecule has 0 aliphatic carbocycles. The van der Waals surface area contributed by atoms with E-state index in [9.17, 15) is 13.2 Å². The molecule has 1 aromatic rings. The molecule has 0 radical (unpaired) electrons. The predicted molar refractivity (Wildman–Crippen MR) is 89.8 cm³/mol. The number of hydrogen-bond donors (Lipinski definition) is 2. The van der Waals surface area contributed by atoms with Gasteiger partial charge in [-0.3, -0.25) is 4.79 Å². The Bertz CT molecular complexity index is 689. The SMILES string of the molecule is COc1ccc(Cl)cc1S(=O)(=O)N[C@@H](C)C(=O)NC[C@@H]1CCCO1. The fourth-order valence-corrected chi connectivity index (χ4v) is 4.02. The molecule has 1 aromatic carbocycles. The van der Waals surface area contributed by atoms with Crippen molar-refractivity contribution in [1.29, 1.82) is 0 Å². The average molecular weight is 377 g/mol. The summed E-state index contributed by atoms with van der Waals surface area (Å²) < 4.78 is 37.8. The van der Waals surface area contributed by atoms with Gasteiger partial charge in [-0.25, -0.2) is 8.42 Å². The number of methoxy groups -OCH3 is 1. The van der Waals surface area contributed by atoms with Crippen LogP contribution in [0.3, 0.4) is 0 Å². The minimum absolute atomic E-state index is 0.00854. The van der Waals surface area contributed by atoms with Gasteiger partial charge < -0.3 is 14.8 Å². The van der Waals surface area contributed by atoms with E-state index in [0.717, 1.165) is 12.8 Å². The molecule has 24 heavy (non-hydrogen) atoms. The number of halogens is 1. The molecule has 2 N–H and O–H groups in total. The predicted octanol–water partition coefficient (Wildman–Crippen LogP) is 1.31. The number of carbonyl (C=O) groups excluding carboxylic acids is 1. The van der Waals surface area contributed by atoms with Gasteiger partial charge in [0.25, 0.3) is 0 Å². The number of rotatable bonds is 7. The molecule has 1 saturated heterocycles. The first-order chi connectivity index (χ1) is 11.3. The summed E-state index contributed by atoms with van der Waals surface area (Å²) in [5.41, 5.74) is 0. The molecule has 7 nitrogen and oxygen atoms in total. The van der Waals surface area contributed by atoms with Crippen LogP contribution in [0.4, 0.5) is 0 Å². The van der Waals surface area contributed by atoms with Gasteiger partial charge in [0.05, 0.1) is 19.3 Å². The second-order valence-electron chi connectivity index (χ2n) is 5.52. The molecule has 9 heteroatoms. The van der Waals surface area contributed by atoms with Gasteiger partial charge in [0.2, 0.25) is 15.9 Å². The first kappa shape index (κ1) is 19.0. The van der Waals surface area contributed by atoms with E-state index in [0.29, 0.717) is 13.2 Å². The highest BCUT2D eigenvalue weighted by Gasteiger charge is 2.26. The molecule has 134 valence electrons. The number of carbonyl (C=O) groups is 1. The van der Waals surface area contributed by atoms with Gasteiger partial charge in [-0.1, -0.05) is 11.6 Å². The van der Waals surface area contributed by atoms with Crippen LogP contribution < -0.4 is 14.8 Å². The summed E-state index contributed by atoms with van der Waals surface area (Å²) in [6, 6.07) is 3.32. The third-order valence-corrected chi connectivity index (χ3v) is 5.47. The summed E-state index contributed by atoms with van der Waals surface area (Å²) in [5.74, 6) is -0.270. The van der Waals surface area contributed by atoms with E-state index in [2.05, 4.69) is 10.0 Å². The van der Waals surface area contributed by atoms with Crippen LogP contribution in [0.1, 0.15) is 19.8 Å². The van der Waals surface area contributed by atoms with E-state index in [1.54, 1.807) is 0 Å². The smallest absolute Gasteiger partial charge is 0.245 e. The minimum Gasteiger partial charge on any atom is -0.495 e. The molecule has 2 atom stereocenters. The Kier molecular flexibility index (Phi) is 6.45. The van der Waals surface area contributed by atoms with Gasteiger partial charge in [0.1, 0.15) is 10.6 Å². The van der Waals surface area contributed by atoms with Crippen molar-refractivity contribution >= 4 is 27.5 Å². The quantitative estimate of drug-likeness (QED) is 0.748. The van der Waals surface area contributed by atoms with Gasteiger partial charge in [0, 0.05) is 18.2 Å². The molecule has 0 saturated carbocycles. The Labute approximate surface area is 146 Å². The lowest BCUT2D eigenvalue weighted by Crippen LogP contribution is -2.46. The highest BCUT2D eigenvalue weighted by Crippen LogP contribution is 2.27. The van der Waals surface area contributed by atoms with Crippen molar-refractivity contribution in [1.82, 2.24) is 10.0 Å². The third kappa shape index (κ3) is 4.83. The summed E-state index contributed by atoms with van der Waals surface area (Å²) in [5, 5.41) is 2.95. The molecule has 0 unspecified atom stereocenters. The molecule has 0 bridgehead atoms. The number of benzene rings is 1. The lowest BCUT2D eigenvalue weighted by molar-refractivity contribution is -0.122. The lowest BCUT2D eigenvalue weighted by atomic mass is 10.2. The summed E-state index contributed by atoms with van der Waals surface area (Å²) in [4.78, 5) is 12.0. The van der Waals surface area contributed by atoms with Gasteiger partial charge in [-0.15, -0.1) is 0 Å². The summed E-state index contributed by atoms with van der Waals surface area (Å²) in [7, 11) is -2.60. The molecule has 1 fully saturated rings. The first-order valence-electron chi connectivity index (χ1n) is 7.58. The van der Waals surface area contributed by atoms with Crippen molar-refractivity contribution in [2.75, 3.05) is 20.3 Å². The van der Waals surface area contributed by atoms with Crippen molar-refractivity contribution in [2.45, 2.75) is 36.8 Å². The van der Waals surface area contributed by atoms with E-state index >= 15 is 0 Å². The van der Waals surface area contributed by atoms with E-state index in [4.69, 9.17) is 21.1 Å². The molecule has 1 amide bonds. The lowest BCUT2D eigenvalue weighted by Gasteiger charge is -2.17. The minimum atomic E-state index is -3.96. The molecule has 0 spiro atoms. The topological polar surface area (TPSA) is 93.7 Å². The maximum Gasteiger partial charge on any atom is 0.245 e. The van der Waals surface area contributed by atoms with E-state index < -0.39 is 22.0 Å². The van der Waals surface area contributed by atoms with Gasteiger partial charge in [-0.2, -0.15) is 4.72 Å². The van der Waals surface area contributed by atoms with Gasteiger partial charge >= 0.3 is 0 Å². The average Bonchev–Trinajstić information content (AvgIpc) is 3.05. The Morgan fingerprint density at radius 1 is 1.50 bits per heavy atom. The Morgan fingerprint density at radius 2 is 2.25 bits per heavy atom. The maximum absolute atomic E-state index is 12.5. The fourth-order valence-electron chi connectivity index (χ4n) is 2.38. The van der Waals surface area contributed by atoms with Crippen molar-refractivity contribution in [3.63, 3.8) is 0 Å². The number of ether oxygens (including phenoxy) is 2. The third-order valence-electron chi connectivity index (χ3n) is 3.67. The van der Waals surface area contributed by atoms with Gasteiger partial charge in [0.15, 0.2) is 0 Å². The van der Waals surface area contributed by atoms with Crippen LogP contribution in [-0.2, 0) is 19.6 Å². The monoisotopic (exact) mass is 376 g/mol. The fraction of sp³-hybridized carbons (Fsp3) is 0.533. The zero-order chi connectivity index (χ0) is 17.7. The molecular weight excluding hydrogens is 356 g/mol. The molecule has 1 aliphatic heterocycles. The highest BCUT2D eigenvalue weighted by atomic mass is 35.5. The molecule has 1 aliphatic rings. The molecular formula is C15H21ClN2O5S. The van der Waals surface area contributed by atoms with E-state index in [1.807, 2.05) is 0 Å². The van der Waals surface area contributed by atoms with Crippen molar-refractivity contribution in [3.05, 3.63) is 23.2 Å². The second kappa shape index (κ2) is 8.15. The van der Waals surface area contributed by atoms with Crippen LogP contribution in [0.15, 0.2) is 23.1 Å². The normalized spacial score (nSPS) is 19.0. The van der Waals surface area contributed by atoms with Crippen LogP contribution in [0.2, 0.25) is 5.02 Å². The van der Waals surface area contributed by atoms with Crippen LogP contribution in [-0.4, -0.2) is 46.7 Å². The van der Waals surface area contributed by atoms with Crippen LogP contribution >= 0.6 is 11.6 Å². The molecule has 0 aromatic heterocycles. The first-order valence-corrected chi connectivity index (χ1v) is 9.45. The number of nitrogens with one attached hydrogen (secondary N) is 2. The number of sulfonamides is 1. The van der Waals surface area contributed by atoms with Crippen LogP contribution in [0.5, 0.6) is 5.75 Å². The zero-order valence-electron chi connectivity index (χ0n) is 13.5. The Balaban J connectivity index is 2.02. The Hall–Kier alpha value is -1.35. The van der Waals surface area contributed by atoms with Crippen molar-refractivity contribution in [3.8, 4) is 5.75 Å². The largest absolute Gasteiger partial charge is 0.495 e. The van der Waals surface area contributed by atoms with Crippen LogP contribution in [0.25, 0.3) is 0 Å². The van der Waals surface area contributed by atoms with Crippen molar-refractivity contribution in [2.24, 2.45) is 0 Å². The van der Waals surface area contributed by atoms with Crippen LogP contribution in [0, 0.1) is 0 Å². The highest BCUT2D eigenvalue weighted by molar-refractivity contribution is 7.89.